The summed E-state index contributed by atoms with van der Waals surface area (Å²) < 4.78 is 18.8. The Balaban J connectivity index is 1.44. The van der Waals surface area contributed by atoms with E-state index in [4.69, 9.17) is 4.74 Å². The van der Waals surface area contributed by atoms with E-state index in [1.54, 1.807) is 0 Å². The van der Waals surface area contributed by atoms with Gasteiger partial charge < -0.3 is 15.2 Å². The molecule has 1 aromatic heterocycles. The van der Waals surface area contributed by atoms with Crippen LogP contribution in [0, 0.1) is 11.2 Å². The van der Waals surface area contributed by atoms with Crippen LogP contribution in [0.2, 0.25) is 0 Å². The van der Waals surface area contributed by atoms with Crippen molar-refractivity contribution in [2.24, 2.45) is 5.41 Å². The van der Waals surface area contributed by atoms with Crippen LogP contribution >= 0.6 is 0 Å². The molecule has 1 heterocycles. The maximum atomic E-state index is 13.0. The van der Waals surface area contributed by atoms with Crippen molar-refractivity contribution in [1.82, 2.24) is 4.98 Å². The summed E-state index contributed by atoms with van der Waals surface area (Å²) in [6.07, 6.45) is 8.68. The van der Waals surface area contributed by atoms with Gasteiger partial charge in [0.2, 0.25) is 0 Å². The summed E-state index contributed by atoms with van der Waals surface area (Å²) in [5.41, 5.74) is 4.22. The van der Waals surface area contributed by atoms with E-state index in [1.807, 2.05) is 74.5 Å². The number of hydrogen-bond donors (Lipinski definition) is 2. The number of unbranched alkanes of at least 4 members (excludes halogenated alkanes) is 1. The zero-order valence-electron chi connectivity index (χ0n) is 22.5. The molecule has 6 heteroatoms. The highest BCUT2D eigenvalue weighted by atomic mass is 19.1. The van der Waals surface area contributed by atoms with Gasteiger partial charge in [-0.15, -0.1) is 0 Å². The molecule has 0 saturated heterocycles. The summed E-state index contributed by atoms with van der Waals surface area (Å²) >= 11 is 0. The molecule has 0 amide bonds. The quantitative estimate of drug-likeness (QED) is 0.191. The highest BCUT2D eigenvalue weighted by Gasteiger charge is 2.34. The largest absolute Gasteiger partial charge is 0.481 e. The molecule has 2 aromatic carbocycles. The lowest BCUT2D eigenvalue weighted by Gasteiger charge is -2.26. The zero-order valence-corrected chi connectivity index (χ0v) is 22.5. The van der Waals surface area contributed by atoms with Crippen LogP contribution in [0.1, 0.15) is 68.5 Å². The molecule has 2 N–H and O–H groups in total. The first-order valence-corrected chi connectivity index (χ1v) is 13.5. The lowest BCUT2D eigenvalue weighted by molar-refractivity contribution is -0.149. The van der Waals surface area contributed by atoms with Crippen molar-refractivity contribution in [1.29, 1.82) is 0 Å². The fraction of sp³-hybridized carbons (Fsp3) is 0.375. The van der Waals surface area contributed by atoms with Gasteiger partial charge in [-0.1, -0.05) is 50.3 Å². The molecule has 0 spiro atoms. The van der Waals surface area contributed by atoms with E-state index in [2.05, 4.69) is 16.4 Å². The average molecular weight is 519 g/mol. The smallest absolute Gasteiger partial charge is 0.309 e. The van der Waals surface area contributed by atoms with Crippen LogP contribution in [0.25, 0.3) is 12.2 Å². The number of aromatic nitrogens is 1. The molecule has 0 bridgehead atoms. The maximum Gasteiger partial charge on any atom is 0.309 e. The Bertz CT molecular complexity index is 1170. The van der Waals surface area contributed by atoms with Crippen molar-refractivity contribution in [2.45, 2.75) is 59.0 Å². The third-order valence-electron chi connectivity index (χ3n) is 7.07. The van der Waals surface area contributed by atoms with Crippen molar-refractivity contribution in [3.8, 4) is 0 Å². The number of halogens is 1. The van der Waals surface area contributed by atoms with Crippen molar-refractivity contribution < 1.29 is 19.0 Å². The summed E-state index contributed by atoms with van der Waals surface area (Å²) in [7, 11) is 0. The van der Waals surface area contributed by atoms with E-state index in [1.165, 1.54) is 12.1 Å². The summed E-state index contributed by atoms with van der Waals surface area (Å²) in [5, 5.41) is 13.0. The van der Waals surface area contributed by atoms with Gasteiger partial charge in [0.25, 0.3) is 0 Å². The van der Waals surface area contributed by atoms with Gasteiger partial charge in [-0.2, -0.15) is 0 Å². The first-order valence-electron chi connectivity index (χ1n) is 13.5. The first-order chi connectivity index (χ1) is 18.4. The molecule has 0 aliphatic rings. The Hall–Kier alpha value is -3.51. The van der Waals surface area contributed by atoms with Crippen LogP contribution < -0.4 is 5.32 Å². The minimum absolute atomic E-state index is 0.202. The molecule has 0 fully saturated rings. The Morgan fingerprint density at radius 2 is 1.79 bits per heavy atom. The van der Waals surface area contributed by atoms with Crippen molar-refractivity contribution >= 4 is 23.8 Å². The second-order valence-corrected chi connectivity index (χ2v) is 9.62. The Morgan fingerprint density at radius 3 is 2.53 bits per heavy atom. The number of aryl methyl sites for hydroxylation is 1. The number of pyridine rings is 1. The van der Waals surface area contributed by atoms with Crippen LogP contribution in [0.5, 0.6) is 0 Å². The summed E-state index contributed by atoms with van der Waals surface area (Å²) in [6.45, 7) is 5.61. The molecule has 0 aliphatic carbocycles. The number of rotatable bonds is 16. The summed E-state index contributed by atoms with van der Waals surface area (Å²) in [6, 6.07) is 20.6. The number of benzene rings is 2. The van der Waals surface area contributed by atoms with Gasteiger partial charge >= 0.3 is 5.97 Å². The predicted molar refractivity (Wildman–Crippen MR) is 152 cm³/mol. The number of nitrogens with zero attached hydrogens (tertiary/aromatic N) is 1. The number of anilines is 1. The van der Waals surface area contributed by atoms with Gasteiger partial charge in [-0.3, -0.25) is 9.78 Å². The number of aliphatic carboxylic acids is 1. The molecular weight excluding hydrogens is 479 g/mol. The van der Waals surface area contributed by atoms with Gasteiger partial charge in [0.15, 0.2) is 0 Å². The second kappa shape index (κ2) is 15.0. The van der Waals surface area contributed by atoms with Crippen molar-refractivity contribution in [2.75, 3.05) is 18.5 Å². The lowest BCUT2D eigenvalue weighted by Crippen LogP contribution is -2.31. The molecule has 0 radical (unpaired) electrons. The standard InChI is InChI=1S/C32H39FN2O3/c1-3-32(4-2,31(36)37)20-21-34-29-12-7-10-26(23-29)16-19-28-11-8-13-30(35-28)24-38-22-6-5-9-25-14-17-27(33)18-15-25/h7-8,10-19,23,34H,3-6,9,20-22,24H2,1-2H3,(H,36,37). The third-order valence-corrected chi connectivity index (χ3v) is 7.07. The van der Waals surface area contributed by atoms with Gasteiger partial charge in [-0.25, -0.2) is 4.39 Å². The van der Waals surface area contributed by atoms with E-state index in [0.717, 1.165) is 47.5 Å². The molecule has 0 saturated carbocycles. The molecule has 0 unspecified atom stereocenters. The highest BCUT2D eigenvalue weighted by Crippen LogP contribution is 2.31. The van der Waals surface area contributed by atoms with Gasteiger partial charge in [-0.05, 0) is 92.1 Å². The van der Waals surface area contributed by atoms with E-state index in [9.17, 15) is 14.3 Å². The topological polar surface area (TPSA) is 71.5 Å². The number of ether oxygens (including phenoxy) is 1. The zero-order chi connectivity index (χ0) is 27.2. The van der Waals surface area contributed by atoms with Crippen molar-refractivity contribution in [3.63, 3.8) is 0 Å². The molecular formula is C32H39FN2O3. The number of nitrogens with one attached hydrogen (secondary N) is 1. The summed E-state index contributed by atoms with van der Waals surface area (Å²) in [4.78, 5) is 16.4. The second-order valence-electron chi connectivity index (χ2n) is 9.62. The molecule has 38 heavy (non-hydrogen) atoms. The normalized spacial score (nSPS) is 11.7. The summed E-state index contributed by atoms with van der Waals surface area (Å²) in [5.74, 6) is -0.921. The Kier molecular flexibility index (Phi) is 11.5. The van der Waals surface area contributed by atoms with E-state index in [-0.39, 0.29) is 5.82 Å². The SMILES string of the molecule is CCC(CC)(CCNc1cccc(C=Cc2cccc(COCCCCc3ccc(F)cc3)n2)c1)C(=O)O. The Labute approximate surface area is 225 Å². The maximum absolute atomic E-state index is 13.0. The molecule has 3 aromatic rings. The Morgan fingerprint density at radius 1 is 1.03 bits per heavy atom. The minimum Gasteiger partial charge on any atom is -0.481 e. The van der Waals surface area contributed by atoms with Gasteiger partial charge in [0.05, 0.1) is 23.4 Å². The van der Waals surface area contributed by atoms with E-state index >= 15 is 0 Å². The van der Waals surface area contributed by atoms with Crippen LogP contribution in [-0.2, 0) is 22.6 Å². The number of carboxylic acid groups (broad SMARTS) is 1. The predicted octanol–water partition coefficient (Wildman–Crippen LogP) is 7.62. The molecule has 5 nitrogen and oxygen atoms in total. The molecule has 3 rings (SSSR count). The number of carbonyl (C=O) groups is 1. The molecule has 0 atom stereocenters. The van der Waals surface area contributed by atoms with Crippen LogP contribution in [-0.4, -0.2) is 29.2 Å². The number of hydrogen-bond acceptors (Lipinski definition) is 4. The highest BCUT2D eigenvalue weighted by molar-refractivity contribution is 5.74. The first kappa shape index (κ1) is 29.1. The molecule has 0 aliphatic heterocycles. The van der Waals surface area contributed by atoms with Gasteiger partial charge in [0, 0.05) is 18.8 Å². The minimum atomic E-state index is -0.719. The fourth-order valence-corrected chi connectivity index (χ4v) is 4.43. The monoisotopic (exact) mass is 518 g/mol. The van der Waals surface area contributed by atoms with Crippen LogP contribution in [0.4, 0.5) is 10.1 Å². The fourth-order valence-electron chi connectivity index (χ4n) is 4.43. The van der Waals surface area contributed by atoms with E-state index < -0.39 is 11.4 Å². The third kappa shape index (κ3) is 9.10. The molecule has 202 valence electrons. The average Bonchev–Trinajstić information content (AvgIpc) is 2.93. The van der Waals surface area contributed by atoms with Crippen LogP contribution in [0.15, 0.2) is 66.7 Å². The van der Waals surface area contributed by atoms with E-state index in [0.29, 0.717) is 39.0 Å². The van der Waals surface area contributed by atoms with Crippen molar-refractivity contribution in [3.05, 3.63) is 95.1 Å². The lowest BCUT2D eigenvalue weighted by atomic mass is 9.79. The number of carboxylic acids is 1. The van der Waals surface area contributed by atoms with Crippen LogP contribution in [0.3, 0.4) is 0 Å². The van der Waals surface area contributed by atoms with Gasteiger partial charge in [0.1, 0.15) is 5.82 Å².